The number of amides is 2. The minimum absolute atomic E-state index is 0.0317. The predicted octanol–water partition coefficient (Wildman–Crippen LogP) is -0.491. The van der Waals surface area contributed by atoms with E-state index in [1.165, 1.54) is 12.2 Å². The Morgan fingerprint density at radius 1 is 0.778 bits per heavy atom. The Morgan fingerprint density at radius 2 is 1.11 bits per heavy atom. The van der Waals surface area contributed by atoms with Gasteiger partial charge in [0.1, 0.15) is 0 Å². The summed E-state index contributed by atoms with van der Waals surface area (Å²) in [4.78, 5) is 44.3. The molecule has 0 rings (SSSR count). The number of carbonyl (C=O) groups is 4. The van der Waals surface area contributed by atoms with Gasteiger partial charge >= 0.3 is 0 Å². The molecule has 98 valence electrons. The molecular weight excluding hydrogens is 236 g/mol. The highest BCUT2D eigenvalue weighted by molar-refractivity contribution is 6.37. The Hall–Kier alpha value is -2.24. The molecule has 2 amide bonds. The Labute approximate surface area is 105 Å². The van der Waals surface area contributed by atoms with E-state index >= 15 is 0 Å². The van der Waals surface area contributed by atoms with Gasteiger partial charge in [0, 0.05) is 25.9 Å². The van der Waals surface area contributed by atoms with Gasteiger partial charge in [0.25, 0.3) is 11.8 Å². The minimum atomic E-state index is -0.735. The molecular formula is C12H16N2O4. The molecule has 0 aromatic heterocycles. The highest BCUT2D eigenvalue weighted by atomic mass is 16.2. The zero-order valence-corrected chi connectivity index (χ0v) is 10.0. The molecule has 2 N–H and O–H groups in total. The molecule has 6 heteroatoms. The van der Waals surface area contributed by atoms with Crippen molar-refractivity contribution in [2.45, 2.75) is 12.8 Å². The van der Waals surface area contributed by atoms with E-state index in [0.717, 1.165) is 0 Å². The van der Waals surface area contributed by atoms with Crippen molar-refractivity contribution >= 4 is 23.4 Å². The number of rotatable bonds is 9. The summed E-state index contributed by atoms with van der Waals surface area (Å²) in [7, 11) is 0. The van der Waals surface area contributed by atoms with Crippen LogP contribution in [-0.2, 0) is 19.2 Å². The molecule has 6 nitrogen and oxygen atoms in total. The van der Waals surface area contributed by atoms with Crippen molar-refractivity contribution in [2.24, 2.45) is 0 Å². The van der Waals surface area contributed by atoms with Gasteiger partial charge in [0.05, 0.1) is 0 Å². The van der Waals surface area contributed by atoms with Gasteiger partial charge in [-0.25, -0.2) is 0 Å². The van der Waals surface area contributed by atoms with Crippen LogP contribution >= 0.6 is 0 Å². The van der Waals surface area contributed by atoms with E-state index in [4.69, 9.17) is 0 Å². The number of hydrogen-bond donors (Lipinski definition) is 2. The van der Waals surface area contributed by atoms with E-state index in [0.29, 0.717) is 0 Å². The fraction of sp³-hybridized carbons (Fsp3) is 0.333. The third kappa shape index (κ3) is 6.37. The summed E-state index contributed by atoms with van der Waals surface area (Å²) in [6, 6.07) is 0. The molecule has 0 atom stereocenters. The number of nitrogens with one attached hydrogen (secondary N) is 2. The quantitative estimate of drug-likeness (QED) is 0.329. The van der Waals surface area contributed by atoms with Gasteiger partial charge in [-0.2, -0.15) is 0 Å². The summed E-state index contributed by atoms with van der Waals surface area (Å²) in [5.41, 5.74) is 0. The van der Waals surface area contributed by atoms with Gasteiger partial charge in [0.15, 0.2) is 0 Å². The Bertz CT molecular complexity index is 338. The lowest BCUT2D eigenvalue weighted by atomic mass is 10.2. The van der Waals surface area contributed by atoms with Crippen LogP contribution in [0.3, 0.4) is 0 Å². The molecule has 0 aromatic rings. The maximum Gasteiger partial charge on any atom is 0.287 e. The summed E-state index contributed by atoms with van der Waals surface area (Å²) in [5.74, 6) is -2.67. The molecule has 0 heterocycles. The molecule has 0 aliphatic carbocycles. The van der Waals surface area contributed by atoms with Gasteiger partial charge in [-0.15, -0.1) is 13.2 Å². The van der Waals surface area contributed by atoms with Crippen LogP contribution in [0.15, 0.2) is 25.3 Å². The summed E-state index contributed by atoms with van der Waals surface area (Å²) in [6.07, 6.45) is 2.60. The average molecular weight is 252 g/mol. The van der Waals surface area contributed by atoms with Gasteiger partial charge in [-0.1, -0.05) is 12.2 Å². The van der Waals surface area contributed by atoms with E-state index in [9.17, 15) is 19.2 Å². The molecule has 0 radical (unpaired) electrons. The lowest BCUT2D eigenvalue weighted by Crippen LogP contribution is -2.39. The first kappa shape index (κ1) is 15.8. The first-order chi connectivity index (χ1) is 8.52. The molecule has 18 heavy (non-hydrogen) atoms. The topological polar surface area (TPSA) is 92.3 Å². The Balaban J connectivity index is 3.80. The van der Waals surface area contributed by atoms with Crippen LogP contribution in [0.4, 0.5) is 0 Å². The van der Waals surface area contributed by atoms with Crippen LogP contribution in [0.5, 0.6) is 0 Å². The second-order valence-corrected chi connectivity index (χ2v) is 3.34. The largest absolute Gasteiger partial charge is 0.348 e. The smallest absolute Gasteiger partial charge is 0.287 e. The number of ketones is 2. The molecule has 0 saturated heterocycles. The highest BCUT2D eigenvalue weighted by Gasteiger charge is 2.12. The van der Waals surface area contributed by atoms with Crippen LogP contribution < -0.4 is 10.6 Å². The third-order valence-electron chi connectivity index (χ3n) is 1.86. The van der Waals surface area contributed by atoms with Crippen LogP contribution in [0.25, 0.3) is 0 Å². The predicted molar refractivity (Wildman–Crippen MR) is 65.7 cm³/mol. The number of hydrogen-bond acceptors (Lipinski definition) is 4. The van der Waals surface area contributed by atoms with Crippen LogP contribution in [0, 0.1) is 0 Å². The van der Waals surface area contributed by atoms with Crippen molar-refractivity contribution in [1.29, 1.82) is 0 Å². The van der Waals surface area contributed by atoms with E-state index < -0.39 is 23.4 Å². The zero-order chi connectivity index (χ0) is 14.0. The van der Waals surface area contributed by atoms with Crippen LogP contribution in [-0.4, -0.2) is 36.5 Å². The first-order valence-corrected chi connectivity index (χ1v) is 5.36. The minimum Gasteiger partial charge on any atom is -0.348 e. The molecule has 0 aliphatic rings. The van der Waals surface area contributed by atoms with Crippen molar-refractivity contribution in [3.63, 3.8) is 0 Å². The lowest BCUT2D eigenvalue weighted by Gasteiger charge is -2.05. The maximum atomic E-state index is 11.1. The molecule has 0 spiro atoms. The molecule has 0 unspecified atom stereocenters. The number of allylic oxidation sites excluding steroid dienone is 2. The fourth-order valence-corrected chi connectivity index (χ4v) is 0.997. The first-order valence-electron chi connectivity index (χ1n) is 5.36. The summed E-state index contributed by atoms with van der Waals surface area (Å²) in [6.45, 7) is 6.83. The SMILES string of the molecule is C=CCC(=O)C(=O)NCCNC(=O)C(=O)CC=C. The maximum absolute atomic E-state index is 11.1. The standard InChI is InChI=1S/C12H16N2O4/c1-3-5-9(15)11(17)13-7-8-14-12(18)10(16)6-4-2/h3-4H,1-2,5-8H2,(H,13,17)(H,14,18). The lowest BCUT2D eigenvalue weighted by molar-refractivity contribution is -0.138. The van der Waals surface area contributed by atoms with E-state index in [1.54, 1.807) is 0 Å². The number of carbonyl (C=O) groups excluding carboxylic acids is 4. The van der Waals surface area contributed by atoms with Crippen molar-refractivity contribution in [3.05, 3.63) is 25.3 Å². The second kappa shape index (κ2) is 8.86. The van der Waals surface area contributed by atoms with Crippen molar-refractivity contribution in [3.8, 4) is 0 Å². The van der Waals surface area contributed by atoms with Gasteiger partial charge in [0.2, 0.25) is 11.6 Å². The normalized spacial score (nSPS) is 9.11. The molecule has 0 aliphatic heterocycles. The molecule has 0 saturated carbocycles. The van der Waals surface area contributed by atoms with Crippen molar-refractivity contribution < 1.29 is 19.2 Å². The molecule has 0 fully saturated rings. The second-order valence-electron chi connectivity index (χ2n) is 3.34. The van der Waals surface area contributed by atoms with Crippen LogP contribution in [0.1, 0.15) is 12.8 Å². The van der Waals surface area contributed by atoms with Gasteiger partial charge < -0.3 is 10.6 Å². The summed E-state index contributed by atoms with van der Waals surface area (Å²) >= 11 is 0. The highest BCUT2D eigenvalue weighted by Crippen LogP contribution is 1.84. The van der Waals surface area contributed by atoms with E-state index in [1.807, 2.05) is 0 Å². The third-order valence-corrected chi connectivity index (χ3v) is 1.86. The Morgan fingerprint density at radius 3 is 1.39 bits per heavy atom. The Kier molecular flexibility index (Phi) is 7.76. The van der Waals surface area contributed by atoms with Crippen LogP contribution in [0.2, 0.25) is 0 Å². The van der Waals surface area contributed by atoms with Crippen molar-refractivity contribution in [1.82, 2.24) is 10.6 Å². The van der Waals surface area contributed by atoms with Crippen molar-refractivity contribution in [2.75, 3.05) is 13.1 Å². The summed E-state index contributed by atoms with van der Waals surface area (Å²) < 4.78 is 0. The van der Waals surface area contributed by atoms with E-state index in [-0.39, 0.29) is 25.9 Å². The fourth-order valence-electron chi connectivity index (χ4n) is 0.997. The van der Waals surface area contributed by atoms with Gasteiger partial charge in [-0.05, 0) is 0 Å². The number of Topliss-reactive ketones (excluding diaryl/α,β-unsaturated/α-hetero) is 2. The average Bonchev–Trinajstić information content (AvgIpc) is 2.34. The molecule has 0 aromatic carbocycles. The van der Waals surface area contributed by atoms with Gasteiger partial charge in [-0.3, -0.25) is 19.2 Å². The van der Waals surface area contributed by atoms with E-state index in [2.05, 4.69) is 23.8 Å². The monoisotopic (exact) mass is 252 g/mol. The molecule has 0 bridgehead atoms. The zero-order valence-electron chi connectivity index (χ0n) is 10.0. The summed E-state index contributed by atoms with van der Waals surface area (Å²) in [5, 5.41) is 4.62.